The number of pyridine rings is 1. The van der Waals surface area contributed by atoms with Gasteiger partial charge in [-0.2, -0.15) is 0 Å². The Labute approximate surface area is 81.2 Å². The van der Waals surface area contributed by atoms with Crippen LogP contribution in [0.1, 0.15) is 18.4 Å². The topological polar surface area (TPSA) is 70.4 Å². The molecule has 0 spiro atoms. The van der Waals surface area contributed by atoms with Gasteiger partial charge in [-0.3, -0.25) is 9.78 Å². The second-order valence-corrected chi connectivity index (χ2v) is 3.81. The van der Waals surface area contributed by atoms with Crippen molar-refractivity contribution in [1.82, 2.24) is 4.98 Å². The number of hydrogen-bond donors (Lipinski definition) is 2. The van der Waals surface area contributed by atoms with Crippen LogP contribution in [0.5, 0.6) is 0 Å². The molecule has 14 heavy (non-hydrogen) atoms. The molecule has 0 aromatic carbocycles. The molecule has 4 nitrogen and oxygen atoms in total. The van der Waals surface area contributed by atoms with Gasteiger partial charge in [-0.15, -0.1) is 0 Å². The van der Waals surface area contributed by atoms with Crippen LogP contribution in [-0.2, 0) is 4.79 Å². The zero-order chi connectivity index (χ0) is 10.3. The number of aromatic nitrogens is 1. The highest BCUT2D eigenvalue weighted by Gasteiger charge is 2.65. The monoisotopic (exact) mass is 193 g/mol. The van der Waals surface area contributed by atoms with Crippen LogP contribution in [0, 0.1) is 5.92 Å². The van der Waals surface area contributed by atoms with E-state index >= 15 is 0 Å². The minimum Gasteiger partial charge on any atom is -0.481 e. The third-order valence-corrected chi connectivity index (χ3v) is 2.79. The fourth-order valence-corrected chi connectivity index (χ4v) is 1.98. The van der Waals surface area contributed by atoms with Crippen LogP contribution < -0.4 is 0 Å². The van der Waals surface area contributed by atoms with E-state index in [0.29, 0.717) is 0 Å². The molecule has 0 amide bonds. The van der Waals surface area contributed by atoms with Crippen molar-refractivity contribution in [3.8, 4) is 0 Å². The summed E-state index contributed by atoms with van der Waals surface area (Å²) in [5.41, 5.74) is -0.348. The normalized spacial score (nSPS) is 35.3. The van der Waals surface area contributed by atoms with Gasteiger partial charge in [-0.1, -0.05) is 6.07 Å². The maximum atomic E-state index is 10.8. The maximum Gasteiger partial charge on any atom is 0.310 e. The first-order valence-corrected chi connectivity index (χ1v) is 4.40. The van der Waals surface area contributed by atoms with Gasteiger partial charge in [0.15, 0.2) is 0 Å². The smallest absolute Gasteiger partial charge is 0.310 e. The Morgan fingerprint density at radius 1 is 1.64 bits per heavy atom. The molecular weight excluding hydrogens is 182 g/mol. The van der Waals surface area contributed by atoms with Crippen LogP contribution in [-0.4, -0.2) is 26.8 Å². The van der Waals surface area contributed by atoms with Crippen LogP contribution in [0.25, 0.3) is 0 Å². The lowest BCUT2D eigenvalue weighted by molar-refractivity contribution is -0.140. The molecule has 1 heterocycles. The number of hydrogen-bond acceptors (Lipinski definition) is 3. The first kappa shape index (κ1) is 9.15. The molecule has 1 aliphatic carbocycles. The van der Waals surface area contributed by atoms with Crippen molar-refractivity contribution < 1.29 is 15.0 Å². The molecule has 0 aliphatic heterocycles. The lowest BCUT2D eigenvalue weighted by atomic mass is 10.1. The van der Waals surface area contributed by atoms with Gasteiger partial charge in [0.05, 0.1) is 11.5 Å². The van der Waals surface area contributed by atoms with E-state index in [0.717, 1.165) is 5.56 Å². The van der Waals surface area contributed by atoms with Gasteiger partial charge in [0.1, 0.15) is 0 Å². The van der Waals surface area contributed by atoms with Gasteiger partial charge in [-0.05, 0) is 18.6 Å². The van der Waals surface area contributed by atoms with Gasteiger partial charge >= 0.3 is 5.97 Å². The van der Waals surface area contributed by atoms with E-state index in [9.17, 15) is 9.90 Å². The third-order valence-electron chi connectivity index (χ3n) is 2.79. The highest BCUT2D eigenvalue weighted by molar-refractivity contribution is 5.78. The summed E-state index contributed by atoms with van der Waals surface area (Å²) in [5, 5.41) is 18.6. The van der Waals surface area contributed by atoms with Crippen molar-refractivity contribution in [1.29, 1.82) is 0 Å². The predicted molar refractivity (Wildman–Crippen MR) is 48.7 cm³/mol. The summed E-state index contributed by atoms with van der Waals surface area (Å²) in [5.74, 6) is -1.98. The van der Waals surface area contributed by atoms with E-state index in [2.05, 4.69) is 4.98 Å². The minimum atomic E-state index is -1.13. The Bertz CT molecular complexity index is 361. The highest BCUT2D eigenvalue weighted by atomic mass is 16.4. The second-order valence-electron chi connectivity index (χ2n) is 3.81. The van der Waals surface area contributed by atoms with Crippen molar-refractivity contribution in [2.75, 3.05) is 0 Å². The van der Waals surface area contributed by atoms with Crippen LogP contribution >= 0.6 is 0 Å². The van der Waals surface area contributed by atoms with Crippen molar-refractivity contribution in [3.63, 3.8) is 0 Å². The predicted octanol–water partition coefficient (Wildman–Crippen LogP) is 0.631. The zero-order valence-corrected chi connectivity index (χ0v) is 7.71. The zero-order valence-electron chi connectivity index (χ0n) is 7.71. The minimum absolute atomic E-state index is 0.325. The molecule has 1 saturated carbocycles. The van der Waals surface area contributed by atoms with Gasteiger partial charge < -0.3 is 10.2 Å². The fraction of sp³-hybridized carbons (Fsp3) is 0.400. The first-order chi connectivity index (χ1) is 6.55. The van der Waals surface area contributed by atoms with E-state index in [1.54, 1.807) is 31.5 Å². The maximum absolute atomic E-state index is 10.8. The largest absolute Gasteiger partial charge is 0.481 e. The number of carboxylic acid groups (broad SMARTS) is 1. The SMILES string of the molecule is CC1(O)C(C(=O)O)C1c1cccnc1. The fourth-order valence-electron chi connectivity index (χ4n) is 1.98. The highest BCUT2D eigenvalue weighted by Crippen LogP contribution is 2.57. The average molecular weight is 193 g/mol. The van der Waals surface area contributed by atoms with Gasteiger partial charge in [-0.25, -0.2) is 0 Å². The van der Waals surface area contributed by atoms with Gasteiger partial charge in [0.25, 0.3) is 0 Å². The van der Waals surface area contributed by atoms with E-state index < -0.39 is 17.5 Å². The molecule has 0 radical (unpaired) electrons. The molecule has 4 heteroatoms. The Kier molecular flexibility index (Phi) is 1.82. The van der Waals surface area contributed by atoms with Crippen LogP contribution in [0.2, 0.25) is 0 Å². The standard InChI is InChI=1S/C10H11NO3/c1-10(14)7(8(10)9(12)13)6-3-2-4-11-5-6/h2-5,7-8,14H,1H3,(H,12,13). The Morgan fingerprint density at radius 2 is 2.36 bits per heavy atom. The molecule has 0 saturated heterocycles. The third kappa shape index (κ3) is 1.19. The molecule has 2 N–H and O–H groups in total. The summed E-state index contributed by atoms with van der Waals surface area (Å²) in [4.78, 5) is 14.7. The molecule has 2 rings (SSSR count). The molecular formula is C10H11NO3. The number of aliphatic carboxylic acids is 1. The summed E-state index contributed by atoms with van der Waals surface area (Å²) in [6, 6.07) is 3.53. The number of carbonyl (C=O) groups is 1. The summed E-state index contributed by atoms with van der Waals surface area (Å²) >= 11 is 0. The number of nitrogens with zero attached hydrogens (tertiary/aromatic N) is 1. The van der Waals surface area contributed by atoms with Crippen LogP contribution in [0.3, 0.4) is 0 Å². The molecule has 3 unspecified atom stereocenters. The summed E-state index contributed by atoms with van der Waals surface area (Å²) in [6.45, 7) is 1.55. The van der Waals surface area contributed by atoms with E-state index in [1.807, 2.05) is 0 Å². The van der Waals surface area contributed by atoms with Crippen molar-refractivity contribution in [2.45, 2.75) is 18.4 Å². The number of aliphatic hydroxyl groups is 1. The Hall–Kier alpha value is -1.42. The number of rotatable bonds is 2. The van der Waals surface area contributed by atoms with Crippen molar-refractivity contribution >= 4 is 5.97 Å². The molecule has 1 aliphatic rings. The lowest BCUT2D eigenvalue weighted by Crippen LogP contribution is -2.10. The summed E-state index contributed by atoms with van der Waals surface area (Å²) in [6.07, 6.45) is 3.22. The molecule has 74 valence electrons. The molecule has 0 bridgehead atoms. The quantitative estimate of drug-likeness (QED) is 0.722. The van der Waals surface area contributed by atoms with E-state index in [-0.39, 0.29) is 5.92 Å². The van der Waals surface area contributed by atoms with Crippen molar-refractivity contribution in [3.05, 3.63) is 30.1 Å². The van der Waals surface area contributed by atoms with Crippen LogP contribution in [0.4, 0.5) is 0 Å². The molecule has 1 fully saturated rings. The first-order valence-electron chi connectivity index (χ1n) is 4.40. The number of carboxylic acids is 1. The lowest BCUT2D eigenvalue weighted by Gasteiger charge is -2.00. The second kappa shape index (κ2) is 2.78. The van der Waals surface area contributed by atoms with E-state index in [4.69, 9.17) is 5.11 Å². The van der Waals surface area contributed by atoms with Gasteiger partial charge in [0.2, 0.25) is 0 Å². The summed E-state index contributed by atoms with van der Waals surface area (Å²) in [7, 11) is 0. The van der Waals surface area contributed by atoms with Crippen molar-refractivity contribution in [2.24, 2.45) is 5.92 Å². The van der Waals surface area contributed by atoms with Crippen LogP contribution in [0.15, 0.2) is 24.5 Å². The molecule has 1 aromatic heterocycles. The summed E-state index contributed by atoms with van der Waals surface area (Å²) < 4.78 is 0. The Morgan fingerprint density at radius 3 is 2.79 bits per heavy atom. The molecule has 3 atom stereocenters. The average Bonchev–Trinajstić information content (AvgIpc) is 2.71. The van der Waals surface area contributed by atoms with E-state index in [1.165, 1.54) is 0 Å². The molecule has 1 aromatic rings. The van der Waals surface area contributed by atoms with Gasteiger partial charge in [0, 0.05) is 18.3 Å². The Balaban J connectivity index is 2.28.